The summed E-state index contributed by atoms with van der Waals surface area (Å²) in [6.45, 7) is 4.74. The Morgan fingerprint density at radius 2 is 1.88 bits per heavy atom. The summed E-state index contributed by atoms with van der Waals surface area (Å²) in [5, 5.41) is 14.0. The van der Waals surface area contributed by atoms with Gasteiger partial charge in [0.25, 0.3) is 5.91 Å². The summed E-state index contributed by atoms with van der Waals surface area (Å²) in [5.74, 6) is -0.650. The van der Waals surface area contributed by atoms with Crippen LogP contribution in [0.2, 0.25) is 5.02 Å². The van der Waals surface area contributed by atoms with Crippen molar-refractivity contribution in [2.75, 3.05) is 13.1 Å². The second-order valence-electron chi connectivity index (χ2n) is 6.72. The van der Waals surface area contributed by atoms with Crippen LogP contribution in [0.3, 0.4) is 0 Å². The molecule has 0 spiro atoms. The maximum Gasteiger partial charge on any atom is 0.306 e. The first-order valence-corrected chi connectivity index (χ1v) is 9.00. The van der Waals surface area contributed by atoms with Crippen molar-refractivity contribution in [3.63, 3.8) is 0 Å². The third kappa shape index (κ3) is 3.58. The van der Waals surface area contributed by atoms with Crippen LogP contribution in [0.15, 0.2) is 24.3 Å². The van der Waals surface area contributed by atoms with Crippen molar-refractivity contribution < 1.29 is 14.7 Å². The molecular formula is C18H21ClN4O3. The number of aromatic nitrogens is 3. The molecule has 0 atom stereocenters. The molecule has 0 bridgehead atoms. The van der Waals surface area contributed by atoms with Crippen molar-refractivity contribution in [2.24, 2.45) is 5.92 Å². The topological polar surface area (TPSA) is 88.3 Å². The number of rotatable bonds is 4. The second kappa shape index (κ2) is 7.45. The fraction of sp³-hybridized carbons (Fsp3) is 0.444. The predicted molar refractivity (Wildman–Crippen MR) is 96.7 cm³/mol. The summed E-state index contributed by atoms with van der Waals surface area (Å²) in [5.41, 5.74) is 0.675. The number of para-hydroxylation sites is 1. The number of halogens is 1. The van der Waals surface area contributed by atoms with E-state index >= 15 is 0 Å². The second-order valence-corrected chi connectivity index (χ2v) is 7.12. The average molecular weight is 377 g/mol. The van der Waals surface area contributed by atoms with Crippen LogP contribution in [0.1, 0.15) is 49.1 Å². The van der Waals surface area contributed by atoms with Crippen LogP contribution in [-0.2, 0) is 4.79 Å². The van der Waals surface area contributed by atoms with Crippen LogP contribution in [0.5, 0.6) is 0 Å². The zero-order valence-electron chi connectivity index (χ0n) is 14.7. The highest BCUT2D eigenvalue weighted by atomic mass is 35.5. The lowest BCUT2D eigenvalue weighted by molar-refractivity contribution is -0.143. The van der Waals surface area contributed by atoms with Gasteiger partial charge in [0, 0.05) is 19.0 Å². The lowest BCUT2D eigenvalue weighted by Crippen LogP contribution is -2.40. The first-order valence-electron chi connectivity index (χ1n) is 8.62. The van der Waals surface area contributed by atoms with Crippen LogP contribution in [0.25, 0.3) is 5.69 Å². The first kappa shape index (κ1) is 18.4. The van der Waals surface area contributed by atoms with E-state index in [2.05, 4.69) is 10.1 Å². The van der Waals surface area contributed by atoms with E-state index in [1.165, 1.54) is 0 Å². The standard InChI is InChI=1S/C18H21ClN4O3/c1-11(2)16-20-15(21-23(16)14-6-4-3-5-13(14)19)17(24)22-9-7-12(8-10-22)18(25)26/h3-6,11-12H,7-10H2,1-2H3,(H,25,26). The summed E-state index contributed by atoms with van der Waals surface area (Å²) in [7, 11) is 0. The van der Waals surface area contributed by atoms with E-state index in [0.29, 0.717) is 42.5 Å². The molecular weight excluding hydrogens is 356 g/mol. The van der Waals surface area contributed by atoms with Gasteiger partial charge in [-0.2, -0.15) is 0 Å². The Bertz CT molecular complexity index is 826. The summed E-state index contributed by atoms with van der Waals surface area (Å²) in [6, 6.07) is 7.28. The Balaban J connectivity index is 1.87. The molecule has 3 rings (SSSR count). The molecule has 0 aliphatic carbocycles. The van der Waals surface area contributed by atoms with E-state index in [0.717, 1.165) is 0 Å². The number of hydrogen-bond acceptors (Lipinski definition) is 4. The molecule has 138 valence electrons. The number of carboxylic acids is 1. The van der Waals surface area contributed by atoms with Gasteiger partial charge in [-0.05, 0) is 25.0 Å². The highest BCUT2D eigenvalue weighted by Gasteiger charge is 2.30. The van der Waals surface area contributed by atoms with Gasteiger partial charge in [0.05, 0.1) is 16.6 Å². The fourth-order valence-corrected chi connectivity index (χ4v) is 3.28. The van der Waals surface area contributed by atoms with Crippen molar-refractivity contribution in [1.82, 2.24) is 19.7 Å². The maximum atomic E-state index is 12.8. The molecule has 1 aliphatic heterocycles. The lowest BCUT2D eigenvalue weighted by Gasteiger charge is -2.29. The molecule has 1 N–H and O–H groups in total. The highest BCUT2D eigenvalue weighted by Crippen LogP contribution is 2.25. The number of hydrogen-bond donors (Lipinski definition) is 1. The Morgan fingerprint density at radius 3 is 2.46 bits per heavy atom. The predicted octanol–water partition coefficient (Wildman–Crippen LogP) is 2.98. The average Bonchev–Trinajstić information content (AvgIpc) is 3.07. The lowest BCUT2D eigenvalue weighted by atomic mass is 9.97. The summed E-state index contributed by atoms with van der Waals surface area (Å²) >= 11 is 6.28. The molecule has 1 fully saturated rings. The molecule has 7 nitrogen and oxygen atoms in total. The minimum atomic E-state index is -0.805. The smallest absolute Gasteiger partial charge is 0.306 e. The molecule has 8 heteroatoms. The van der Waals surface area contributed by atoms with Gasteiger partial charge in [0.1, 0.15) is 5.82 Å². The number of carbonyl (C=O) groups excluding carboxylic acids is 1. The monoisotopic (exact) mass is 376 g/mol. The number of piperidine rings is 1. The van der Waals surface area contributed by atoms with Crippen molar-refractivity contribution in [2.45, 2.75) is 32.6 Å². The SMILES string of the molecule is CC(C)c1nc(C(=O)N2CCC(C(=O)O)CC2)nn1-c1ccccc1Cl. The molecule has 1 aromatic heterocycles. The number of likely N-dealkylation sites (tertiary alicyclic amines) is 1. The van der Waals surface area contributed by atoms with Crippen molar-refractivity contribution in [1.29, 1.82) is 0 Å². The highest BCUT2D eigenvalue weighted by molar-refractivity contribution is 6.32. The normalized spacial score (nSPS) is 15.5. The Morgan fingerprint density at radius 1 is 1.23 bits per heavy atom. The molecule has 1 aliphatic rings. The van der Waals surface area contributed by atoms with Crippen molar-refractivity contribution in [3.8, 4) is 5.69 Å². The third-order valence-electron chi connectivity index (χ3n) is 4.55. The molecule has 26 heavy (non-hydrogen) atoms. The number of amides is 1. The molecule has 1 amide bonds. The van der Waals surface area contributed by atoms with Gasteiger partial charge in [-0.25, -0.2) is 9.67 Å². The summed E-state index contributed by atoms with van der Waals surface area (Å²) in [4.78, 5) is 29.9. The van der Waals surface area contributed by atoms with Gasteiger partial charge in [-0.1, -0.05) is 37.6 Å². The van der Waals surface area contributed by atoms with Gasteiger partial charge in [-0.15, -0.1) is 5.10 Å². The van der Waals surface area contributed by atoms with E-state index in [1.807, 2.05) is 32.0 Å². The molecule has 0 radical (unpaired) electrons. The van der Waals surface area contributed by atoms with Crippen LogP contribution in [0.4, 0.5) is 0 Å². The fourth-order valence-electron chi connectivity index (χ4n) is 3.06. The number of carboxylic acid groups (broad SMARTS) is 1. The quantitative estimate of drug-likeness (QED) is 0.886. The number of carbonyl (C=O) groups is 2. The van der Waals surface area contributed by atoms with E-state index < -0.39 is 5.97 Å². The Kier molecular flexibility index (Phi) is 5.27. The first-order chi connectivity index (χ1) is 12.4. The molecule has 2 heterocycles. The summed E-state index contributed by atoms with van der Waals surface area (Å²) < 4.78 is 1.62. The number of nitrogens with zero attached hydrogens (tertiary/aromatic N) is 4. The van der Waals surface area contributed by atoms with Crippen LogP contribution < -0.4 is 0 Å². The molecule has 2 aromatic rings. The minimum Gasteiger partial charge on any atom is -0.481 e. The van der Waals surface area contributed by atoms with E-state index in [-0.39, 0.29) is 23.6 Å². The third-order valence-corrected chi connectivity index (χ3v) is 4.87. The van der Waals surface area contributed by atoms with Crippen LogP contribution in [-0.4, -0.2) is 49.7 Å². The zero-order chi connectivity index (χ0) is 18.8. The van der Waals surface area contributed by atoms with E-state index in [4.69, 9.17) is 16.7 Å². The van der Waals surface area contributed by atoms with Gasteiger partial charge in [-0.3, -0.25) is 9.59 Å². The Hall–Kier alpha value is -2.41. The molecule has 1 saturated heterocycles. The van der Waals surface area contributed by atoms with Crippen LogP contribution >= 0.6 is 11.6 Å². The van der Waals surface area contributed by atoms with Crippen molar-refractivity contribution >= 4 is 23.5 Å². The van der Waals surface area contributed by atoms with Gasteiger partial charge in [0.2, 0.25) is 5.82 Å². The van der Waals surface area contributed by atoms with E-state index in [9.17, 15) is 9.59 Å². The van der Waals surface area contributed by atoms with E-state index in [1.54, 1.807) is 15.6 Å². The maximum absolute atomic E-state index is 12.8. The van der Waals surface area contributed by atoms with Crippen molar-refractivity contribution in [3.05, 3.63) is 40.9 Å². The molecule has 1 aromatic carbocycles. The largest absolute Gasteiger partial charge is 0.481 e. The summed E-state index contributed by atoms with van der Waals surface area (Å²) in [6.07, 6.45) is 0.896. The molecule has 0 unspecified atom stereocenters. The zero-order valence-corrected chi connectivity index (χ0v) is 15.5. The van der Waals surface area contributed by atoms with Gasteiger partial charge in [0.15, 0.2) is 0 Å². The Labute approximate surface area is 156 Å². The van der Waals surface area contributed by atoms with Crippen LogP contribution in [0, 0.1) is 5.92 Å². The number of aliphatic carboxylic acids is 1. The number of benzene rings is 1. The van der Waals surface area contributed by atoms with Gasteiger partial charge < -0.3 is 10.0 Å². The van der Waals surface area contributed by atoms with Gasteiger partial charge >= 0.3 is 5.97 Å². The minimum absolute atomic E-state index is 0.0538. The molecule has 0 saturated carbocycles.